The fraction of sp³-hybridized carbons (Fsp3) is 0.200. The van der Waals surface area contributed by atoms with Gasteiger partial charge in [-0.15, -0.1) is 13.2 Å². The number of nitrogens with one attached hydrogen (secondary N) is 1. The van der Waals surface area contributed by atoms with Crippen LogP contribution in [0.5, 0.6) is 5.75 Å². The number of aromatic nitrogens is 3. The second-order valence-electron chi connectivity index (χ2n) is 3.48. The summed E-state index contributed by atoms with van der Waals surface area (Å²) < 4.78 is 41.7. The lowest BCUT2D eigenvalue weighted by molar-refractivity contribution is -0.274. The molecule has 0 fully saturated rings. The van der Waals surface area contributed by atoms with Crippen molar-refractivity contribution in [1.29, 1.82) is 0 Å². The number of alkyl halides is 3. The molecule has 1 heterocycles. The number of benzene rings is 1. The van der Waals surface area contributed by atoms with E-state index in [4.69, 9.17) is 17.3 Å². The Hall–Kier alpha value is -1.87. The van der Waals surface area contributed by atoms with Gasteiger partial charge in [-0.05, 0) is 24.4 Å². The van der Waals surface area contributed by atoms with Crippen molar-refractivity contribution in [3.05, 3.63) is 34.9 Å². The van der Waals surface area contributed by atoms with Gasteiger partial charge >= 0.3 is 6.36 Å². The van der Waals surface area contributed by atoms with Crippen LogP contribution >= 0.6 is 12.2 Å². The maximum Gasteiger partial charge on any atom is 0.573 e. The zero-order valence-electron chi connectivity index (χ0n) is 9.31. The highest BCUT2D eigenvalue weighted by atomic mass is 32.1. The van der Waals surface area contributed by atoms with Gasteiger partial charge in [-0.25, -0.2) is 0 Å². The number of hydrogen-bond donors (Lipinski definition) is 2. The monoisotopic (exact) mass is 291 g/mol. The molecule has 0 amide bonds. The molecule has 0 saturated heterocycles. The van der Waals surface area contributed by atoms with Crippen LogP contribution in [-0.4, -0.2) is 26.2 Å². The van der Waals surface area contributed by atoms with E-state index in [0.717, 1.165) is 6.07 Å². The van der Waals surface area contributed by atoms with Crippen molar-refractivity contribution in [2.75, 3.05) is 0 Å². The third-order valence-corrected chi connectivity index (χ3v) is 2.47. The normalized spacial score (nSPS) is 11.6. The van der Waals surface area contributed by atoms with Gasteiger partial charge in [0.15, 0.2) is 10.6 Å². The minimum absolute atomic E-state index is 0.160. The summed E-state index contributed by atoms with van der Waals surface area (Å²) in [6, 6.07) is 5.22. The van der Waals surface area contributed by atoms with Crippen molar-refractivity contribution in [2.45, 2.75) is 13.0 Å². The van der Waals surface area contributed by atoms with Crippen LogP contribution in [0, 0.1) is 4.77 Å². The van der Waals surface area contributed by atoms with Crippen LogP contribution in [0.25, 0.3) is 5.69 Å². The zero-order chi connectivity index (χ0) is 14.0. The Morgan fingerprint density at radius 2 is 2.16 bits per heavy atom. The first-order valence-corrected chi connectivity index (χ1v) is 5.45. The molecule has 0 bridgehead atoms. The molecule has 1 aromatic heterocycles. The van der Waals surface area contributed by atoms with E-state index in [1.54, 1.807) is 0 Å². The second-order valence-corrected chi connectivity index (χ2v) is 3.87. The molecule has 0 saturated carbocycles. The number of aromatic amines is 1. The molecule has 19 heavy (non-hydrogen) atoms. The third kappa shape index (κ3) is 3.12. The quantitative estimate of drug-likeness (QED) is 0.852. The fourth-order valence-corrected chi connectivity index (χ4v) is 1.78. The number of nitrogens with zero attached hydrogens (tertiary/aromatic N) is 2. The molecule has 2 aromatic rings. The Bertz CT molecular complexity index is 635. The Balaban J connectivity index is 2.43. The molecule has 0 unspecified atom stereocenters. The number of H-pyrrole nitrogens is 1. The van der Waals surface area contributed by atoms with Crippen LogP contribution in [0.3, 0.4) is 0 Å². The highest BCUT2D eigenvalue weighted by Crippen LogP contribution is 2.25. The van der Waals surface area contributed by atoms with Crippen LogP contribution in [-0.2, 0) is 6.61 Å². The van der Waals surface area contributed by atoms with Gasteiger partial charge in [-0.2, -0.15) is 5.10 Å². The molecule has 0 radical (unpaired) electrons. The molecule has 0 aliphatic heterocycles. The summed E-state index contributed by atoms with van der Waals surface area (Å²) in [5, 5.41) is 15.3. The number of hydrogen-bond acceptors (Lipinski definition) is 4. The van der Waals surface area contributed by atoms with Crippen LogP contribution in [0.4, 0.5) is 13.2 Å². The van der Waals surface area contributed by atoms with Gasteiger partial charge in [0.05, 0.1) is 5.69 Å². The molecular weight excluding hydrogens is 283 g/mol. The van der Waals surface area contributed by atoms with Crippen LogP contribution in [0.15, 0.2) is 24.3 Å². The van der Waals surface area contributed by atoms with E-state index in [1.165, 1.54) is 22.8 Å². The molecule has 5 nitrogen and oxygen atoms in total. The molecule has 0 aliphatic rings. The summed E-state index contributed by atoms with van der Waals surface area (Å²) in [6.45, 7) is -0.405. The van der Waals surface area contributed by atoms with Gasteiger partial charge in [-0.3, -0.25) is 9.67 Å². The fourth-order valence-electron chi connectivity index (χ4n) is 1.52. The Kier molecular flexibility index (Phi) is 3.58. The average molecular weight is 291 g/mol. The number of aliphatic hydroxyl groups is 1. The Labute approximate surface area is 110 Å². The first-order chi connectivity index (χ1) is 8.90. The number of halogens is 3. The number of aliphatic hydroxyl groups excluding tert-OH is 1. The van der Waals surface area contributed by atoms with E-state index in [9.17, 15) is 13.2 Å². The summed E-state index contributed by atoms with van der Waals surface area (Å²) in [5.74, 6) is -0.189. The van der Waals surface area contributed by atoms with Crippen LogP contribution in [0.2, 0.25) is 0 Å². The highest BCUT2D eigenvalue weighted by molar-refractivity contribution is 7.71. The van der Waals surface area contributed by atoms with E-state index in [0.29, 0.717) is 5.69 Å². The van der Waals surface area contributed by atoms with Gasteiger partial charge in [0.1, 0.15) is 12.4 Å². The minimum atomic E-state index is -4.77. The van der Waals surface area contributed by atoms with Crippen LogP contribution in [0.1, 0.15) is 5.82 Å². The van der Waals surface area contributed by atoms with Gasteiger partial charge in [0.2, 0.25) is 0 Å². The average Bonchev–Trinajstić information content (AvgIpc) is 2.68. The SMILES string of the molecule is OCc1n[nH]c(=S)n1-c1cccc(OC(F)(F)F)c1. The predicted octanol–water partition coefficient (Wildman–Crippen LogP) is 2.32. The maximum absolute atomic E-state index is 12.1. The van der Waals surface area contributed by atoms with Crippen molar-refractivity contribution in [3.8, 4) is 11.4 Å². The van der Waals surface area contributed by atoms with Gasteiger partial charge in [0, 0.05) is 6.07 Å². The second kappa shape index (κ2) is 5.02. The lowest BCUT2D eigenvalue weighted by Gasteiger charge is -2.11. The standard InChI is InChI=1S/C10H8F3N3O2S/c11-10(12,13)18-7-3-1-2-6(4-7)16-8(5-17)14-15-9(16)19/h1-4,17H,5H2,(H,15,19). The highest BCUT2D eigenvalue weighted by Gasteiger charge is 2.31. The zero-order valence-corrected chi connectivity index (χ0v) is 10.1. The van der Waals surface area contributed by atoms with Gasteiger partial charge in [0.25, 0.3) is 0 Å². The third-order valence-electron chi connectivity index (χ3n) is 2.19. The predicted molar refractivity (Wildman–Crippen MR) is 61.4 cm³/mol. The van der Waals surface area contributed by atoms with Gasteiger partial charge in [-0.1, -0.05) is 6.07 Å². The number of ether oxygens (including phenoxy) is 1. The summed E-state index contributed by atoms with van der Waals surface area (Å²) in [6.07, 6.45) is -4.77. The van der Waals surface area contributed by atoms with Crippen LogP contribution < -0.4 is 4.74 Å². The molecule has 0 atom stereocenters. The summed E-state index contributed by atoms with van der Waals surface area (Å²) in [4.78, 5) is 0. The summed E-state index contributed by atoms with van der Waals surface area (Å²) in [7, 11) is 0. The lowest BCUT2D eigenvalue weighted by atomic mass is 10.3. The van der Waals surface area contributed by atoms with Crippen molar-refractivity contribution in [2.24, 2.45) is 0 Å². The molecule has 1 aromatic carbocycles. The van der Waals surface area contributed by atoms with Crippen molar-refractivity contribution in [1.82, 2.24) is 14.8 Å². The maximum atomic E-state index is 12.1. The van der Waals surface area contributed by atoms with E-state index < -0.39 is 13.0 Å². The molecule has 9 heteroatoms. The molecule has 2 N–H and O–H groups in total. The van der Waals surface area contributed by atoms with E-state index in [2.05, 4.69) is 14.9 Å². The summed E-state index contributed by atoms with van der Waals surface area (Å²) in [5.41, 5.74) is 0.310. The first kappa shape index (κ1) is 13.6. The largest absolute Gasteiger partial charge is 0.573 e. The number of rotatable bonds is 3. The van der Waals surface area contributed by atoms with E-state index >= 15 is 0 Å². The molecular formula is C10H8F3N3O2S. The van der Waals surface area contributed by atoms with E-state index in [1.807, 2.05) is 0 Å². The molecule has 0 aliphatic carbocycles. The van der Waals surface area contributed by atoms with E-state index in [-0.39, 0.29) is 16.3 Å². The first-order valence-electron chi connectivity index (χ1n) is 5.04. The molecule has 102 valence electrons. The van der Waals surface area contributed by atoms with Crippen molar-refractivity contribution < 1.29 is 23.0 Å². The van der Waals surface area contributed by atoms with Gasteiger partial charge < -0.3 is 9.84 Å². The minimum Gasteiger partial charge on any atom is -0.406 e. The van der Waals surface area contributed by atoms with Crippen molar-refractivity contribution >= 4 is 12.2 Å². The lowest BCUT2D eigenvalue weighted by Crippen LogP contribution is -2.17. The molecule has 0 spiro atoms. The smallest absolute Gasteiger partial charge is 0.406 e. The summed E-state index contributed by atoms with van der Waals surface area (Å²) >= 11 is 4.94. The Morgan fingerprint density at radius 1 is 1.42 bits per heavy atom. The topological polar surface area (TPSA) is 63.1 Å². The Morgan fingerprint density at radius 3 is 2.79 bits per heavy atom. The molecule has 2 rings (SSSR count). The van der Waals surface area contributed by atoms with Crippen molar-refractivity contribution in [3.63, 3.8) is 0 Å².